The largest absolute Gasteiger partial charge is 0.330 e. The number of hydrogen-bond donors (Lipinski definition) is 1. The Balaban J connectivity index is 2.74. The molecule has 5 heteroatoms. The molecule has 2 heterocycles. The molecule has 0 aromatic carbocycles. The number of imidazole rings is 1. The van der Waals surface area contributed by atoms with Crippen LogP contribution >= 0.6 is 11.8 Å². The number of aromatic amines is 1. The van der Waals surface area contributed by atoms with E-state index in [0.717, 1.165) is 22.0 Å². The van der Waals surface area contributed by atoms with Crippen molar-refractivity contribution >= 4 is 22.9 Å². The summed E-state index contributed by atoms with van der Waals surface area (Å²) < 4.78 is 0. The second-order valence-electron chi connectivity index (χ2n) is 2.40. The van der Waals surface area contributed by atoms with Gasteiger partial charge in [0.15, 0.2) is 10.8 Å². The lowest BCUT2D eigenvalue weighted by Crippen LogP contribution is -1.84. The van der Waals surface area contributed by atoms with Crippen LogP contribution in [0.25, 0.3) is 11.2 Å². The molecule has 0 spiro atoms. The first-order valence-electron chi connectivity index (χ1n) is 3.52. The number of nitrogens with zero attached hydrogens (tertiary/aromatic N) is 3. The number of fused-ring (bicyclic) bond motifs is 1. The number of hydrogen-bond acceptors (Lipinski definition) is 4. The van der Waals surface area contributed by atoms with Crippen molar-refractivity contribution in [2.75, 3.05) is 6.26 Å². The van der Waals surface area contributed by atoms with Crippen LogP contribution in [0.1, 0.15) is 5.69 Å². The fraction of sp³-hybridized carbons (Fsp3) is 0.286. The third-order valence-electron chi connectivity index (χ3n) is 1.65. The minimum atomic E-state index is 0.742. The van der Waals surface area contributed by atoms with Crippen LogP contribution in [0.3, 0.4) is 0 Å². The molecule has 0 aliphatic heterocycles. The number of thioether (sulfide) groups is 1. The maximum atomic E-state index is 4.25. The Morgan fingerprint density at radius 1 is 1.42 bits per heavy atom. The fourth-order valence-electron chi connectivity index (χ4n) is 1.02. The summed E-state index contributed by atoms with van der Waals surface area (Å²) in [6, 6.07) is 0. The van der Waals surface area contributed by atoms with Gasteiger partial charge in [-0.1, -0.05) is 11.8 Å². The molecule has 0 bridgehead atoms. The van der Waals surface area contributed by atoms with E-state index >= 15 is 0 Å². The quantitative estimate of drug-likeness (QED) is 0.674. The van der Waals surface area contributed by atoms with E-state index in [2.05, 4.69) is 19.9 Å². The van der Waals surface area contributed by atoms with Crippen LogP contribution in [-0.4, -0.2) is 26.2 Å². The van der Waals surface area contributed by atoms with Crippen molar-refractivity contribution in [1.29, 1.82) is 0 Å². The second kappa shape index (κ2) is 2.75. The van der Waals surface area contributed by atoms with Crippen molar-refractivity contribution in [3.05, 3.63) is 12.0 Å². The van der Waals surface area contributed by atoms with Gasteiger partial charge in [-0.05, 0) is 13.2 Å². The first-order chi connectivity index (χ1) is 5.81. The normalized spacial score (nSPS) is 10.8. The van der Waals surface area contributed by atoms with E-state index in [1.165, 1.54) is 6.33 Å². The Morgan fingerprint density at radius 3 is 2.92 bits per heavy atom. The highest BCUT2D eigenvalue weighted by atomic mass is 32.2. The Morgan fingerprint density at radius 2 is 2.25 bits per heavy atom. The zero-order valence-corrected chi connectivity index (χ0v) is 7.64. The molecule has 1 N–H and O–H groups in total. The molecule has 12 heavy (non-hydrogen) atoms. The monoisotopic (exact) mass is 180 g/mol. The van der Waals surface area contributed by atoms with E-state index in [0.29, 0.717) is 0 Å². The number of aryl methyl sites for hydroxylation is 1. The third kappa shape index (κ3) is 1.06. The van der Waals surface area contributed by atoms with Crippen LogP contribution in [0.15, 0.2) is 11.5 Å². The van der Waals surface area contributed by atoms with Gasteiger partial charge in [0.25, 0.3) is 0 Å². The van der Waals surface area contributed by atoms with Crippen LogP contribution in [-0.2, 0) is 0 Å². The highest BCUT2D eigenvalue weighted by Gasteiger charge is 2.04. The summed E-state index contributed by atoms with van der Waals surface area (Å²) in [4.78, 5) is 15.5. The van der Waals surface area contributed by atoms with Crippen molar-refractivity contribution in [2.24, 2.45) is 0 Å². The van der Waals surface area contributed by atoms with Crippen LogP contribution in [0.2, 0.25) is 0 Å². The lowest BCUT2D eigenvalue weighted by molar-refractivity contribution is 1.08. The molecule has 62 valence electrons. The number of H-pyrrole nitrogens is 1. The third-order valence-corrected chi connectivity index (χ3v) is 2.23. The molecule has 0 fully saturated rings. The zero-order chi connectivity index (χ0) is 8.55. The minimum absolute atomic E-state index is 0.742. The maximum Gasteiger partial charge on any atom is 0.182 e. The molecule has 2 aromatic rings. The summed E-state index contributed by atoms with van der Waals surface area (Å²) >= 11 is 1.57. The molecular weight excluding hydrogens is 172 g/mol. The summed E-state index contributed by atoms with van der Waals surface area (Å²) in [6.07, 6.45) is 3.50. The Kier molecular flexibility index (Phi) is 1.73. The lowest BCUT2D eigenvalue weighted by atomic mass is 10.4. The molecule has 0 unspecified atom stereocenters. The summed E-state index contributed by atoms with van der Waals surface area (Å²) in [5.41, 5.74) is 2.61. The van der Waals surface area contributed by atoms with Crippen LogP contribution < -0.4 is 0 Å². The van der Waals surface area contributed by atoms with E-state index in [4.69, 9.17) is 0 Å². The standard InChI is InChI=1S/C7H8N4S/c1-4-5-6(9-3-8-4)11-7(10-5)12-2/h3H,1-2H3,(H,8,9,10,11). The van der Waals surface area contributed by atoms with Crippen LogP contribution in [0, 0.1) is 6.92 Å². The molecule has 0 saturated carbocycles. The summed E-state index contributed by atoms with van der Waals surface area (Å²) in [5.74, 6) is 0. The predicted octanol–water partition coefficient (Wildman–Crippen LogP) is 1.38. The Labute approximate surface area is 73.8 Å². The molecule has 2 aromatic heterocycles. The van der Waals surface area contributed by atoms with Gasteiger partial charge in [0.1, 0.15) is 11.8 Å². The van der Waals surface area contributed by atoms with E-state index in [9.17, 15) is 0 Å². The molecule has 0 aliphatic rings. The average Bonchev–Trinajstić information content (AvgIpc) is 2.49. The molecule has 0 aliphatic carbocycles. The van der Waals surface area contributed by atoms with Crippen molar-refractivity contribution in [1.82, 2.24) is 19.9 Å². The van der Waals surface area contributed by atoms with E-state index in [1.54, 1.807) is 11.8 Å². The highest BCUT2D eigenvalue weighted by Crippen LogP contribution is 2.16. The molecule has 0 radical (unpaired) electrons. The molecule has 0 saturated heterocycles. The SMILES string of the molecule is CSc1nc2ncnc(C)c2[nH]1. The Hall–Kier alpha value is -1.10. The van der Waals surface area contributed by atoms with Crippen molar-refractivity contribution in [3.63, 3.8) is 0 Å². The Bertz CT molecular complexity index is 409. The molecule has 0 amide bonds. The number of nitrogens with one attached hydrogen (secondary N) is 1. The van der Waals surface area contributed by atoms with Crippen molar-refractivity contribution in [2.45, 2.75) is 12.1 Å². The molecule has 4 nitrogen and oxygen atoms in total. The first kappa shape index (κ1) is 7.54. The number of rotatable bonds is 1. The van der Waals surface area contributed by atoms with Gasteiger partial charge < -0.3 is 4.98 Å². The minimum Gasteiger partial charge on any atom is -0.330 e. The van der Waals surface area contributed by atoms with E-state index in [-0.39, 0.29) is 0 Å². The molecular formula is C7H8N4S. The molecule has 0 atom stereocenters. The highest BCUT2D eigenvalue weighted by molar-refractivity contribution is 7.98. The predicted molar refractivity (Wildman–Crippen MR) is 48.2 cm³/mol. The summed E-state index contributed by atoms with van der Waals surface area (Å²) in [6.45, 7) is 1.94. The smallest absolute Gasteiger partial charge is 0.182 e. The number of aromatic nitrogens is 4. The van der Waals surface area contributed by atoms with Crippen LogP contribution in [0.5, 0.6) is 0 Å². The van der Waals surface area contributed by atoms with Gasteiger partial charge in [-0.2, -0.15) is 0 Å². The summed E-state index contributed by atoms with van der Waals surface area (Å²) in [7, 11) is 0. The van der Waals surface area contributed by atoms with Gasteiger partial charge in [0, 0.05) is 0 Å². The van der Waals surface area contributed by atoms with Crippen molar-refractivity contribution < 1.29 is 0 Å². The van der Waals surface area contributed by atoms with Gasteiger partial charge in [0.2, 0.25) is 0 Å². The molecule has 2 rings (SSSR count). The second-order valence-corrected chi connectivity index (χ2v) is 3.20. The first-order valence-corrected chi connectivity index (χ1v) is 4.75. The topological polar surface area (TPSA) is 54.5 Å². The average molecular weight is 180 g/mol. The van der Waals surface area contributed by atoms with Gasteiger partial charge >= 0.3 is 0 Å². The lowest BCUT2D eigenvalue weighted by Gasteiger charge is -1.89. The fourth-order valence-corrected chi connectivity index (χ4v) is 1.40. The van der Waals surface area contributed by atoms with E-state index in [1.807, 2.05) is 13.2 Å². The maximum absolute atomic E-state index is 4.25. The van der Waals surface area contributed by atoms with Crippen LogP contribution in [0.4, 0.5) is 0 Å². The van der Waals surface area contributed by atoms with Crippen molar-refractivity contribution in [3.8, 4) is 0 Å². The zero-order valence-electron chi connectivity index (χ0n) is 6.83. The van der Waals surface area contributed by atoms with Gasteiger partial charge in [0.05, 0.1) is 5.69 Å². The van der Waals surface area contributed by atoms with Gasteiger partial charge in [-0.15, -0.1) is 0 Å². The summed E-state index contributed by atoms with van der Waals surface area (Å²) in [5, 5.41) is 0.883. The van der Waals surface area contributed by atoms with Gasteiger partial charge in [-0.25, -0.2) is 15.0 Å². The van der Waals surface area contributed by atoms with E-state index < -0.39 is 0 Å². The van der Waals surface area contributed by atoms with Gasteiger partial charge in [-0.3, -0.25) is 0 Å².